The number of nitrogens with one attached hydrogen (secondary N) is 1. The van der Waals surface area contributed by atoms with Crippen molar-refractivity contribution < 1.29 is 29.4 Å². The molecule has 0 saturated carbocycles. The van der Waals surface area contributed by atoms with Gasteiger partial charge < -0.3 is 15.5 Å². The van der Waals surface area contributed by atoms with Gasteiger partial charge in [0.1, 0.15) is 6.04 Å². The Bertz CT molecular complexity index is 877. The lowest BCUT2D eigenvalue weighted by molar-refractivity contribution is -0.121. The SMILES string of the molecule is O=C(O)c1cc(C(=O)O)cc(N2C(=O)CC(Nc3ccccc3)C2=O)c1. The molecule has 1 fully saturated rings. The Balaban J connectivity index is 1.94. The van der Waals surface area contributed by atoms with Crippen LogP contribution >= 0.6 is 0 Å². The fourth-order valence-electron chi connectivity index (χ4n) is 2.74. The highest BCUT2D eigenvalue weighted by Gasteiger charge is 2.40. The van der Waals surface area contributed by atoms with Crippen LogP contribution in [0.1, 0.15) is 27.1 Å². The van der Waals surface area contributed by atoms with Gasteiger partial charge in [0.05, 0.1) is 23.2 Å². The molecular weight excluding hydrogens is 340 g/mol. The number of hydrogen-bond donors (Lipinski definition) is 3. The zero-order chi connectivity index (χ0) is 18.8. The molecule has 2 aromatic rings. The van der Waals surface area contributed by atoms with Crippen LogP contribution in [0, 0.1) is 0 Å². The number of hydrogen-bond acceptors (Lipinski definition) is 5. The van der Waals surface area contributed by atoms with Crippen LogP contribution < -0.4 is 10.2 Å². The van der Waals surface area contributed by atoms with Gasteiger partial charge in [0.15, 0.2) is 0 Å². The van der Waals surface area contributed by atoms with E-state index in [0.717, 1.165) is 23.1 Å². The molecule has 3 N–H and O–H groups in total. The molecule has 0 spiro atoms. The molecule has 0 bridgehead atoms. The number of rotatable bonds is 5. The quantitative estimate of drug-likeness (QED) is 0.700. The summed E-state index contributed by atoms with van der Waals surface area (Å²) < 4.78 is 0. The summed E-state index contributed by atoms with van der Waals surface area (Å²) in [6.07, 6.45) is -0.118. The summed E-state index contributed by atoms with van der Waals surface area (Å²) in [6.45, 7) is 0. The number of carbonyl (C=O) groups excluding carboxylic acids is 2. The number of carbonyl (C=O) groups is 4. The first-order valence-electron chi connectivity index (χ1n) is 7.67. The molecule has 0 radical (unpaired) electrons. The van der Waals surface area contributed by atoms with Crippen molar-refractivity contribution in [1.82, 2.24) is 0 Å². The van der Waals surface area contributed by atoms with Gasteiger partial charge in [-0.3, -0.25) is 9.59 Å². The fourth-order valence-corrected chi connectivity index (χ4v) is 2.74. The van der Waals surface area contributed by atoms with Crippen molar-refractivity contribution in [3.63, 3.8) is 0 Å². The second-order valence-corrected chi connectivity index (χ2v) is 5.71. The topological polar surface area (TPSA) is 124 Å². The monoisotopic (exact) mass is 354 g/mol. The maximum atomic E-state index is 12.6. The largest absolute Gasteiger partial charge is 0.478 e. The molecule has 26 heavy (non-hydrogen) atoms. The second kappa shape index (κ2) is 6.67. The molecule has 132 valence electrons. The van der Waals surface area contributed by atoms with Gasteiger partial charge in [-0.2, -0.15) is 0 Å². The van der Waals surface area contributed by atoms with Gasteiger partial charge in [0.2, 0.25) is 5.91 Å². The number of carboxylic acids is 2. The number of anilines is 2. The lowest BCUT2D eigenvalue weighted by Gasteiger charge is -2.17. The minimum Gasteiger partial charge on any atom is -0.478 e. The van der Waals surface area contributed by atoms with Crippen molar-refractivity contribution in [3.05, 3.63) is 59.7 Å². The molecule has 1 aliphatic heterocycles. The van der Waals surface area contributed by atoms with Crippen molar-refractivity contribution in [2.24, 2.45) is 0 Å². The van der Waals surface area contributed by atoms with E-state index in [0.29, 0.717) is 5.69 Å². The third-order valence-corrected chi connectivity index (χ3v) is 3.93. The van der Waals surface area contributed by atoms with Crippen molar-refractivity contribution >= 4 is 35.1 Å². The molecular formula is C18H14N2O6. The van der Waals surface area contributed by atoms with Crippen LogP contribution in [0.15, 0.2) is 48.5 Å². The fraction of sp³-hybridized carbons (Fsp3) is 0.111. The molecule has 1 aliphatic rings. The van der Waals surface area contributed by atoms with E-state index in [1.165, 1.54) is 0 Å². The maximum Gasteiger partial charge on any atom is 0.335 e. The van der Waals surface area contributed by atoms with E-state index in [1.807, 2.05) is 6.07 Å². The van der Waals surface area contributed by atoms with Crippen LogP contribution in [-0.2, 0) is 9.59 Å². The lowest BCUT2D eigenvalue weighted by Crippen LogP contribution is -2.35. The molecule has 1 heterocycles. The normalized spacial score (nSPS) is 16.6. The molecule has 0 aromatic heterocycles. The van der Waals surface area contributed by atoms with E-state index in [4.69, 9.17) is 10.2 Å². The summed E-state index contributed by atoms with van der Waals surface area (Å²) in [5.74, 6) is -3.82. The number of nitrogens with zero attached hydrogens (tertiary/aromatic N) is 1. The van der Waals surface area contributed by atoms with Gasteiger partial charge in [0, 0.05) is 5.69 Å². The van der Waals surface area contributed by atoms with Crippen molar-refractivity contribution in [1.29, 1.82) is 0 Å². The van der Waals surface area contributed by atoms with Crippen molar-refractivity contribution in [3.8, 4) is 0 Å². The van der Waals surface area contributed by atoms with Crippen molar-refractivity contribution in [2.45, 2.75) is 12.5 Å². The van der Waals surface area contributed by atoms with Gasteiger partial charge in [-0.15, -0.1) is 0 Å². The summed E-state index contributed by atoms with van der Waals surface area (Å²) in [5.41, 5.74) is -0.0550. The smallest absolute Gasteiger partial charge is 0.335 e. The molecule has 2 amide bonds. The first-order valence-corrected chi connectivity index (χ1v) is 7.67. The summed E-state index contributed by atoms with van der Waals surface area (Å²) in [4.78, 5) is 48.2. The van der Waals surface area contributed by atoms with Gasteiger partial charge in [0.25, 0.3) is 5.91 Å². The number of benzene rings is 2. The highest BCUT2D eigenvalue weighted by atomic mass is 16.4. The summed E-state index contributed by atoms with van der Waals surface area (Å²) in [7, 11) is 0. The van der Waals surface area contributed by atoms with Crippen molar-refractivity contribution in [2.75, 3.05) is 10.2 Å². The first kappa shape index (κ1) is 17.2. The summed E-state index contributed by atoms with van der Waals surface area (Å²) in [6, 6.07) is 11.2. The van der Waals surface area contributed by atoms with Crippen LogP contribution in [0.2, 0.25) is 0 Å². The van der Waals surface area contributed by atoms with Crippen LogP contribution in [0.3, 0.4) is 0 Å². The van der Waals surface area contributed by atoms with E-state index < -0.39 is 29.8 Å². The Morgan fingerprint density at radius 2 is 1.54 bits per heavy atom. The van der Waals surface area contributed by atoms with Crippen LogP contribution in [-0.4, -0.2) is 40.0 Å². The standard InChI is InChI=1S/C18H14N2O6/c21-15-9-14(19-12-4-2-1-3-5-12)16(22)20(15)13-7-10(17(23)24)6-11(8-13)18(25)26/h1-8,14,19H,9H2,(H,23,24)(H,25,26). The molecule has 1 atom stereocenters. The zero-order valence-corrected chi connectivity index (χ0v) is 13.4. The summed E-state index contributed by atoms with van der Waals surface area (Å²) in [5, 5.41) is 21.2. The third kappa shape index (κ3) is 3.25. The van der Waals surface area contributed by atoms with Gasteiger partial charge in [-0.05, 0) is 30.3 Å². The first-order chi connectivity index (χ1) is 12.4. The Kier molecular flexibility index (Phi) is 4.40. The number of amides is 2. The average molecular weight is 354 g/mol. The Hall–Kier alpha value is -3.68. The zero-order valence-electron chi connectivity index (χ0n) is 13.4. The van der Waals surface area contributed by atoms with Gasteiger partial charge in [-0.25, -0.2) is 14.5 Å². The minimum atomic E-state index is -1.35. The molecule has 1 unspecified atom stereocenters. The molecule has 1 saturated heterocycles. The van der Waals surface area contributed by atoms with Crippen LogP contribution in [0.5, 0.6) is 0 Å². The van der Waals surface area contributed by atoms with E-state index >= 15 is 0 Å². The van der Waals surface area contributed by atoms with Gasteiger partial charge in [-0.1, -0.05) is 18.2 Å². The van der Waals surface area contributed by atoms with E-state index in [9.17, 15) is 19.2 Å². The number of para-hydroxylation sites is 1. The second-order valence-electron chi connectivity index (χ2n) is 5.71. The number of carboxylic acid groups (broad SMARTS) is 2. The molecule has 8 heteroatoms. The molecule has 8 nitrogen and oxygen atoms in total. The number of aromatic carboxylic acids is 2. The van der Waals surface area contributed by atoms with Crippen LogP contribution in [0.25, 0.3) is 0 Å². The molecule has 0 aliphatic carbocycles. The third-order valence-electron chi connectivity index (χ3n) is 3.93. The van der Waals surface area contributed by atoms with E-state index in [2.05, 4.69) is 5.32 Å². The van der Waals surface area contributed by atoms with Gasteiger partial charge >= 0.3 is 11.9 Å². The maximum absolute atomic E-state index is 12.6. The molecule has 3 rings (SSSR count). The van der Waals surface area contributed by atoms with E-state index in [-0.39, 0.29) is 23.2 Å². The predicted molar refractivity (Wildman–Crippen MR) is 91.3 cm³/mol. The highest BCUT2D eigenvalue weighted by molar-refractivity contribution is 6.23. The minimum absolute atomic E-state index is 0.0744. The highest BCUT2D eigenvalue weighted by Crippen LogP contribution is 2.27. The number of imide groups is 1. The predicted octanol–water partition coefficient (Wildman–Crippen LogP) is 1.83. The Morgan fingerprint density at radius 3 is 2.08 bits per heavy atom. The Morgan fingerprint density at radius 1 is 0.962 bits per heavy atom. The summed E-state index contributed by atoms with van der Waals surface area (Å²) >= 11 is 0. The van der Waals surface area contributed by atoms with E-state index in [1.54, 1.807) is 24.3 Å². The molecule has 2 aromatic carbocycles. The lowest BCUT2D eigenvalue weighted by atomic mass is 10.1. The van der Waals surface area contributed by atoms with Crippen LogP contribution in [0.4, 0.5) is 11.4 Å². The average Bonchev–Trinajstić information content (AvgIpc) is 2.89. The Labute approximate surface area is 147 Å².